The van der Waals surface area contributed by atoms with E-state index < -0.39 is 25.9 Å². The molecule has 15 nitrogen and oxygen atoms in total. The van der Waals surface area contributed by atoms with Crippen molar-refractivity contribution in [1.29, 1.82) is 0 Å². The lowest BCUT2D eigenvalue weighted by Crippen LogP contribution is -2.28. The number of non-ortho nitro benzene ring substituents is 1. The average Bonchev–Trinajstić information content (AvgIpc) is 3.11. The second kappa shape index (κ2) is 15.4. The number of hydrogen-bond acceptors (Lipinski definition) is 9. The van der Waals surface area contributed by atoms with Gasteiger partial charge in [0.05, 0.1) is 31.5 Å². The maximum atomic E-state index is 13.0. The van der Waals surface area contributed by atoms with Crippen LogP contribution in [-0.4, -0.2) is 28.7 Å². The van der Waals surface area contributed by atoms with Crippen LogP contribution in [0.2, 0.25) is 0 Å². The van der Waals surface area contributed by atoms with Crippen molar-refractivity contribution in [3.05, 3.63) is 153 Å². The quantitative estimate of drug-likeness (QED) is 0.0569. The van der Waals surface area contributed by atoms with Crippen LogP contribution in [0.3, 0.4) is 0 Å². The van der Waals surface area contributed by atoms with Gasteiger partial charge in [0.15, 0.2) is 18.6 Å². The van der Waals surface area contributed by atoms with Crippen LogP contribution in [0.1, 0.15) is 15.9 Å². The van der Waals surface area contributed by atoms with E-state index in [4.69, 9.17) is 4.55 Å². The first-order valence-electron chi connectivity index (χ1n) is 15.5. The number of amides is 1. The molecule has 6 aromatic rings. The van der Waals surface area contributed by atoms with Gasteiger partial charge in [0.1, 0.15) is 19.7 Å². The SMILES string of the molecule is C[n+]1ccc(Nc2ccc(NC(=O)c3ccc(Nc4cc[n+](C)c5ccc([N+](=O)[O-])cc45)cc3[N+](=O)[O-])cc2)cc1.Cc1ccc(S(=O)(=O)O)cc1. The molecule has 0 aliphatic heterocycles. The fourth-order valence-electron chi connectivity index (χ4n) is 5.03. The number of aromatic nitrogens is 2. The van der Waals surface area contributed by atoms with E-state index in [1.807, 2.05) is 54.7 Å². The van der Waals surface area contributed by atoms with Crippen molar-refractivity contribution < 1.29 is 36.7 Å². The number of aryl methyl sites for hydroxylation is 3. The van der Waals surface area contributed by atoms with Gasteiger partial charge in [0, 0.05) is 59.5 Å². The minimum absolute atomic E-state index is 0.0666. The zero-order valence-electron chi connectivity index (χ0n) is 28.0. The largest absolute Gasteiger partial charge is 0.355 e. The van der Waals surface area contributed by atoms with E-state index in [0.29, 0.717) is 22.4 Å². The van der Waals surface area contributed by atoms with Crippen molar-refractivity contribution in [3.8, 4) is 0 Å². The van der Waals surface area contributed by atoms with E-state index in [1.165, 1.54) is 36.4 Å². The van der Waals surface area contributed by atoms with Crippen LogP contribution in [0, 0.1) is 27.2 Å². The highest BCUT2D eigenvalue weighted by Crippen LogP contribution is 2.31. The zero-order valence-corrected chi connectivity index (χ0v) is 28.9. The summed E-state index contributed by atoms with van der Waals surface area (Å²) < 4.78 is 33.3. The number of nitrogens with zero attached hydrogens (tertiary/aromatic N) is 4. The molecular formula is C36H33N7O8S+2. The lowest BCUT2D eigenvalue weighted by atomic mass is 10.1. The van der Waals surface area contributed by atoms with Crippen LogP contribution in [0.4, 0.5) is 39.8 Å². The molecule has 264 valence electrons. The minimum Gasteiger partial charge on any atom is -0.355 e. The Labute approximate surface area is 297 Å². The monoisotopic (exact) mass is 723 g/mol. The summed E-state index contributed by atoms with van der Waals surface area (Å²) in [6, 6.07) is 27.2. The molecule has 2 aromatic heterocycles. The van der Waals surface area contributed by atoms with Crippen LogP contribution >= 0.6 is 0 Å². The Balaban J connectivity index is 0.000000407. The molecule has 0 unspecified atom stereocenters. The second-order valence-electron chi connectivity index (χ2n) is 11.6. The summed E-state index contributed by atoms with van der Waals surface area (Å²) in [6.45, 7) is 1.84. The predicted molar refractivity (Wildman–Crippen MR) is 194 cm³/mol. The topological polar surface area (TPSA) is 202 Å². The second-order valence-corrected chi connectivity index (χ2v) is 13.0. The smallest absolute Gasteiger partial charge is 0.294 e. The number of nitro groups is 2. The molecule has 0 atom stereocenters. The summed E-state index contributed by atoms with van der Waals surface area (Å²) in [6.07, 6.45) is 5.60. The third-order valence-corrected chi connectivity index (χ3v) is 8.64. The first-order chi connectivity index (χ1) is 24.7. The van der Waals surface area contributed by atoms with E-state index in [-0.39, 0.29) is 21.8 Å². The van der Waals surface area contributed by atoms with E-state index in [2.05, 4.69) is 16.0 Å². The molecule has 4 aromatic carbocycles. The normalized spacial score (nSPS) is 10.8. The van der Waals surface area contributed by atoms with Gasteiger partial charge in [0.25, 0.3) is 27.4 Å². The molecule has 0 spiro atoms. The van der Waals surface area contributed by atoms with Gasteiger partial charge < -0.3 is 16.0 Å². The highest BCUT2D eigenvalue weighted by molar-refractivity contribution is 7.85. The Morgan fingerprint density at radius 1 is 0.712 bits per heavy atom. The van der Waals surface area contributed by atoms with Crippen LogP contribution in [0.5, 0.6) is 0 Å². The standard InChI is InChI=1S/C29H23N7O5.C7H8O3S/c1-33-14-11-21(12-15-33)30-19-3-5-20(6-4-19)32-29(37)24-9-7-22(17-28(24)36(40)41)31-26-13-16-34(2)27-10-8-23(35(38)39)18-25(26)27;1-6-2-4-7(5-3-6)11(8,9)10/h3-18H,1-2H3,(H,32,37);2-5H,1H3,(H,8,9,10)/p+2. The number of nitrogens with one attached hydrogen (secondary N) is 3. The maximum Gasteiger partial charge on any atom is 0.294 e. The van der Waals surface area contributed by atoms with Crippen LogP contribution < -0.4 is 25.1 Å². The van der Waals surface area contributed by atoms with Gasteiger partial charge in [-0.05, 0) is 55.5 Å². The molecule has 2 heterocycles. The number of rotatable bonds is 9. The number of nitro benzene ring substituents is 2. The van der Waals surface area contributed by atoms with Crippen molar-refractivity contribution in [2.24, 2.45) is 14.1 Å². The predicted octanol–water partition coefficient (Wildman–Crippen LogP) is 6.29. The molecule has 0 radical (unpaired) electrons. The van der Waals surface area contributed by atoms with Gasteiger partial charge in [-0.1, -0.05) is 17.7 Å². The fourth-order valence-corrected chi connectivity index (χ4v) is 5.51. The Hall–Kier alpha value is -6.78. The van der Waals surface area contributed by atoms with E-state index in [1.54, 1.807) is 60.8 Å². The summed E-state index contributed by atoms with van der Waals surface area (Å²) in [5, 5.41) is 32.9. The zero-order chi connectivity index (χ0) is 37.6. The molecule has 0 fully saturated rings. The maximum absolute atomic E-state index is 13.0. The van der Waals surface area contributed by atoms with Gasteiger partial charge in [-0.2, -0.15) is 8.42 Å². The van der Waals surface area contributed by atoms with Crippen LogP contribution in [0.25, 0.3) is 10.9 Å². The third kappa shape index (κ3) is 9.06. The lowest BCUT2D eigenvalue weighted by molar-refractivity contribution is -0.671. The third-order valence-electron chi connectivity index (χ3n) is 7.77. The minimum atomic E-state index is -4.02. The van der Waals surface area contributed by atoms with Gasteiger partial charge in [0.2, 0.25) is 5.52 Å². The molecular weight excluding hydrogens is 691 g/mol. The van der Waals surface area contributed by atoms with Gasteiger partial charge in [-0.15, -0.1) is 0 Å². The van der Waals surface area contributed by atoms with E-state index >= 15 is 0 Å². The first kappa shape index (κ1) is 36.5. The van der Waals surface area contributed by atoms with Crippen molar-refractivity contribution in [2.75, 3.05) is 16.0 Å². The first-order valence-corrected chi connectivity index (χ1v) is 16.9. The van der Waals surface area contributed by atoms with Crippen molar-refractivity contribution in [2.45, 2.75) is 11.8 Å². The Kier molecular flexibility index (Phi) is 10.8. The van der Waals surface area contributed by atoms with Crippen LogP contribution in [0.15, 0.2) is 127 Å². The Bertz CT molecular complexity index is 2400. The summed E-state index contributed by atoms with van der Waals surface area (Å²) in [4.78, 5) is 35.1. The molecule has 0 aliphatic rings. The molecule has 4 N–H and O–H groups in total. The number of pyridine rings is 2. The molecule has 0 aliphatic carbocycles. The molecule has 6 rings (SSSR count). The summed E-state index contributed by atoms with van der Waals surface area (Å²) in [7, 11) is -0.284. The highest BCUT2D eigenvalue weighted by Gasteiger charge is 2.22. The number of fused-ring (bicyclic) bond motifs is 1. The molecule has 52 heavy (non-hydrogen) atoms. The summed E-state index contributed by atoms with van der Waals surface area (Å²) in [5.41, 5.74) is 4.16. The number of benzene rings is 4. The number of hydrogen-bond donors (Lipinski definition) is 4. The van der Waals surface area contributed by atoms with Crippen molar-refractivity contribution in [3.63, 3.8) is 0 Å². The highest BCUT2D eigenvalue weighted by atomic mass is 32.2. The van der Waals surface area contributed by atoms with E-state index in [0.717, 1.165) is 22.5 Å². The average molecular weight is 724 g/mol. The van der Waals surface area contributed by atoms with Crippen molar-refractivity contribution in [1.82, 2.24) is 0 Å². The molecule has 0 bridgehead atoms. The molecule has 16 heteroatoms. The molecule has 1 amide bonds. The van der Waals surface area contributed by atoms with Gasteiger partial charge in [-0.25, -0.2) is 9.13 Å². The molecule has 0 saturated heterocycles. The van der Waals surface area contributed by atoms with Crippen molar-refractivity contribution >= 4 is 66.7 Å². The lowest BCUT2D eigenvalue weighted by Gasteiger charge is -2.11. The number of anilines is 5. The van der Waals surface area contributed by atoms with Gasteiger partial charge in [-0.3, -0.25) is 29.6 Å². The summed E-state index contributed by atoms with van der Waals surface area (Å²) in [5.74, 6) is -0.632. The summed E-state index contributed by atoms with van der Waals surface area (Å²) >= 11 is 0. The Morgan fingerprint density at radius 2 is 1.33 bits per heavy atom. The van der Waals surface area contributed by atoms with Gasteiger partial charge >= 0.3 is 0 Å². The fraction of sp³-hybridized carbons (Fsp3) is 0.0833. The van der Waals surface area contributed by atoms with E-state index in [9.17, 15) is 33.4 Å². The Morgan fingerprint density at radius 3 is 1.94 bits per heavy atom. The molecule has 0 saturated carbocycles. The van der Waals surface area contributed by atoms with Crippen LogP contribution in [-0.2, 0) is 24.2 Å². The number of carbonyl (C=O) groups excluding carboxylic acids is 1. The number of carbonyl (C=O) groups is 1.